The van der Waals surface area contributed by atoms with Crippen LogP contribution < -0.4 is 0 Å². The minimum absolute atomic E-state index is 0.393. The van der Waals surface area contributed by atoms with E-state index in [0.717, 1.165) is 25.7 Å². The SMILES string of the molecule is CCCCCCCCC(O)(CCC)C(C)CCC. The van der Waals surface area contributed by atoms with Crippen molar-refractivity contribution in [1.29, 1.82) is 0 Å². The Morgan fingerprint density at radius 1 is 0.778 bits per heavy atom. The van der Waals surface area contributed by atoms with Crippen LogP contribution in [0.3, 0.4) is 0 Å². The minimum Gasteiger partial charge on any atom is -0.390 e. The van der Waals surface area contributed by atoms with Crippen LogP contribution in [0.5, 0.6) is 0 Å². The molecule has 2 unspecified atom stereocenters. The highest BCUT2D eigenvalue weighted by atomic mass is 16.3. The van der Waals surface area contributed by atoms with Gasteiger partial charge in [0.05, 0.1) is 5.60 Å². The van der Waals surface area contributed by atoms with Gasteiger partial charge >= 0.3 is 0 Å². The lowest BCUT2D eigenvalue weighted by Crippen LogP contribution is -2.36. The van der Waals surface area contributed by atoms with Gasteiger partial charge in [-0.2, -0.15) is 0 Å². The van der Waals surface area contributed by atoms with Crippen LogP contribution in [0.15, 0.2) is 0 Å². The molecule has 0 aliphatic carbocycles. The molecule has 0 aromatic carbocycles. The normalized spacial score (nSPS) is 16.5. The summed E-state index contributed by atoms with van der Waals surface area (Å²) in [4.78, 5) is 0. The zero-order chi connectivity index (χ0) is 13.9. The molecule has 0 aromatic rings. The van der Waals surface area contributed by atoms with E-state index in [1.54, 1.807) is 0 Å². The van der Waals surface area contributed by atoms with Crippen LogP contribution >= 0.6 is 0 Å². The van der Waals surface area contributed by atoms with Gasteiger partial charge in [-0.3, -0.25) is 0 Å². The molecule has 0 saturated carbocycles. The first-order valence-electron chi connectivity index (χ1n) is 8.33. The summed E-state index contributed by atoms with van der Waals surface area (Å²) in [5.74, 6) is 0.457. The summed E-state index contributed by atoms with van der Waals surface area (Å²) < 4.78 is 0. The molecule has 0 rings (SSSR count). The highest BCUT2D eigenvalue weighted by Gasteiger charge is 2.31. The third kappa shape index (κ3) is 7.41. The van der Waals surface area contributed by atoms with E-state index in [9.17, 15) is 5.11 Å². The van der Waals surface area contributed by atoms with E-state index >= 15 is 0 Å². The van der Waals surface area contributed by atoms with Gasteiger partial charge in [-0.05, 0) is 25.2 Å². The Balaban J connectivity index is 3.94. The highest BCUT2D eigenvalue weighted by Crippen LogP contribution is 2.32. The monoisotopic (exact) mass is 256 g/mol. The third-order valence-electron chi connectivity index (χ3n) is 4.29. The first-order chi connectivity index (χ1) is 8.60. The molecule has 1 nitrogen and oxygen atoms in total. The van der Waals surface area contributed by atoms with Gasteiger partial charge in [-0.25, -0.2) is 0 Å². The molecule has 1 N–H and O–H groups in total. The second-order valence-corrected chi connectivity index (χ2v) is 6.06. The first kappa shape index (κ1) is 18.0. The fourth-order valence-electron chi connectivity index (χ4n) is 2.96. The Labute approximate surface area is 115 Å². The van der Waals surface area contributed by atoms with Gasteiger partial charge in [0, 0.05) is 0 Å². The van der Waals surface area contributed by atoms with Crippen molar-refractivity contribution in [3.63, 3.8) is 0 Å². The molecular formula is C17H36O. The Kier molecular flexibility index (Phi) is 10.8. The number of unbranched alkanes of at least 4 members (excludes halogenated alkanes) is 5. The molecule has 0 bridgehead atoms. The average molecular weight is 256 g/mol. The molecule has 0 aliphatic heterocycles. The zero-order valence-corrected chi connectivity index (χ0v) is 13.3. The number of hydrogen-bond donors (Lipinski definition) is 1. The van der Waals surface area contributed by atoms with E-state index in [-0.39, 0.29) is 0 Å². The van der Waals surface area contributed by atoms with Crippen molar-refractivity contribution in [1.82, 2.24) is 0 Å². The van der Waals surface area contributed by atoms with Crippen LogP contribution in [0.2, 0.25) is 0 Å². The highest BCUT2D eigenvalue weighted by molar-refractivity contribution is 4.83. The van der Waals surface area contributed by atoms with Crippen molar-refractivity contribution in [2.75, 3.05) is 0 Å². The Morgan fingerprint density at radius 3 is 1.94 bits per heavy atom. The lowest BCUT2D eigenvalue weighted by Gasteiger charge is -2.34. The maximum atomic E-state index is 10.8. The molecule has 0 aliphatic rings. The summed E-state index contributed by atoms with van der Waals surface area (Å²) in [5.41, 5.74) is -0.393. The molecule has 0 heterocycles. The van der Waals surface area contributed by atoms with Gasteiger partial charge in [-0.15, -0.1) is 0 Å². The van der Waals surface area contributed by atoms with Gasteiger partial charge in [0.2, 0.25) is 0 Å². The van der Waals surface area contributed by atoms with E-state index < -0.39 is 5.60 Å². The van der Waals surface area contributed by atoms with Gasteiger partial charge in [0.15, 0.2) is 0 Å². The van der Waals surface area contributed by atoms with Crippen LogP contribution in [0.25, 0.3) is 0 Å². The molecule has 2 atom stereocenters. The van der Waals surface area contributed by atoms with Crippen molar-refractivity contribution >= 4 is 0 Å². The lowest BCUT2D eigenvalue weighted by molar-refractivity contribution is -0.0330. The maximum absolute atomic E-state index is 10.8. The van der Waals surface area contributed by atoms with E-state index in [0.29, 0.717) is 5.92 Å². The van der Waals surface area contributed by atoms with Crippen molar-refractivity contribution in [3.05, 3.63) is 0 Å². The third-order valence-corrected chi connectivity index (χ3v) is 4.29. The van der Waals surface area contributed by atoms with E-state index in [1.807, 2.05) is 0 Å². The van der Waals surface area contributed by atoms with E-state index in [1.165, 1.54) is 44.9 Å². The van der Waals surface area contributed by atoms with Crippen molar-refractivity contribution in [3.8, 4) is 0 Å². The smallest absolute Gasteiger partial charge is 0.0673 e. The molecule has 18 heavy (non-hydrogen) atoms. The van der Waals surface area contributed by atoms with Crippen molar-refractivity contribution in [2.45, 2.75) is 104 Å². The molecule has 0 aromatic heterocycles. The van der Waals surface area contributed by atoms with Crippen LogP contribution in [-0.4, -0.2) is 10.7 Å². The number of hydrogen-bond acceptors (Lipinski definition) is 1. The van der Waals surface area contributed by atoms with Crippen LogP contribution in [0.1, 0.15) is 98.3 Å². The fourth-order valence-corrected chi connectivity index (χ4v) is 2.96. The van der Waals surface area contributed by atoms with Crippen molar-refractivity contribution in [2.24, 2.45) is 5.92 Å². The molecular weight excluding hydrogens is 220 g/mol. The summed E-state index contributed by atoms with van der Waals surface area (Å²) >= 11 is 0. The van der Waals surface area contributed by atoms with Gasteiger partial charge in [0.1, 0.15) is 0 Å². The Hall–Kier alpha value is -0.0400. The predicted octanol–water partition coefficient (Wildman–Crippen LogP) is 5.70. The summed E-state index contributed by atoms with van der Waals surface area (Å²) in [6.07, 6.45) is 13.3. The fraction of sp³-hybridized carbons (Fsp3) is 1.00. The van der Waals surface area contributed by atoms with Crippen LogP contribution in [0, 0.1) is 5.92 Å². The number of aliphatic hydroxyl groups is 1. The molecule has 0 fully saturated rings. The summed E-state index contributed by atoms with van der Waals surface area (Å²) in [6.45, 7) is 8.89. The Bertz CT molecular complexity index is 178. The number of rotatable bonds is 12. The quantitative estimate of drug-likeness (QED) is 0.444. The molecule has 110 valence electrons. The van der Waals surface area contributed by atoms with Gasteiger partial charge in [0.25, 0.3) is 0 Å². The van der Waals surface area contributed by atoms with Gasteiger partial charge < -0.3 is 5.11 Å². The molecule has 1 heteroatoms. The minimum atomic E-state index is -0.393. The topological polar surface area (TPSA) is 20.2 Å². The summed E-state index contributed by atoms with van der Waals surface area (Å²) in [6, 6.07) is 0. The van der Waals surface area contributed by atoms with Crippen LogP contribution in [0.4, 0.5) is 0 Å². The zero-order valence-electron chi connectivity index (χ0n) is 13.3. The molecule has 0 spiro atoms. The maximum Gasteiger partial charge on any atom is 0.0673 e. The largest absolute Gasteiger partial charge is 0.390 e. The van der Waals surface area contributed by atoms with E-state index in [2.05, 4.69) is 27.7 Å². The molecule has 0 radical (unpaired) electrons. The standard InChI is InChI=1S/C17H36O/c1-5-8-9-10-11-12-15-17(18,14-7-3)16(4)13-6-2/h16,18H,5-15H2,1-4H3. The van der Waals surface area contributed by atoms with Gasteiger partial charge in [-0.1, -0.05) is 79.1 Å². The second kappa shape index (κ2) is 10.8. The predicted molar refractivity (Wildman–Crippen MR) is 81.9 cm³/mol. The summed E-state index contributed by atoms with van der Waals surface area (Å²) in [7, 11) is 0. The van der Waals surface area contributed by atoms with E-state index in [4.69, 9.17) is 0 Å². The average Bonchev–Trinajstić information content (AvgIpc) is 2.34. The molecule has 0 amide bonds. The van der Waals surface area contributed by atoms with Crippen LogP contribution in [-0.2, 0) is 0 Å². The summed E-state index contributed by atoms with van der Waals surface area (Å²) in [5, 5.41) is 10.8. The molecule has 0 saturated heterocycles. The Morgan fingerprint density at radius 2 is 1.39 bits per heavy atom. The van der Waals surface area contributed by atoms with Crippen molar-refractivity contribution < 1.29 is 5.11 Å². The first-order valence-corrected chi connectivity index (χ1v) is 8.33. The second-order valence-electron chi connectivity index (χ2n) is 6.06. The lowest BCUT2D eigenvalue weighted by atomic mass is 9.78.